The van der Waals surface area contributed by atoms with Gasteiger partial charge in [-0.3, -0.25) is 0 Å². The zero-order valence-electron chi connectivity index (χ0n) is 15.3. The molecule has 0 bridgehead atoms. The number of nitrogens with one attached hydrogen (secondary N) is 1. The molecule has 3 rings (SSSR count). The van der Waals surface area contributed by atoms with E-state index in [9.17, 15) is 4.79 Å². The maximum Gasteiger partial charge on any atom is 0.410 e. The van der Waals surface area contributed by atoms with Crippen LogP contribution in [0.15, 0.2) is 12.1 Å². The van der Waals surface area contributed by atoms with Gasteiger partial charge in [0.1, 0.15) is 11.4 Å². The van der Waals surface area contributed by atoms with E-state index in [-0.39, 0.29) is 6.09 Å². The van der Waals surface area contributed by atoms with Crippen molar-refractivity contribution in [2.24, 2.45) is 5.92 Å². The summed E-state index contributed by atoms with van der Waals surface area (Å²) >= 11 is 0. The fourth-order valence-corrected chi connectivity index (χ4v) is 2.96. The van der Waals surface area contributed by atoms with Gasteiger partial charge in [0, 0.05) is 19.6 Å². The van der Waals surface area contributed by atoms with Crippen LogP contribution in [0.5, 0.6) is 0 Å². The second kappa shape index (κ2) is 6.85. The molecule has 0 spiro atoms. The number of nitrogens with zero attached hydrogens (tertiary/aromatic N) is 5. The molecule has 1 unspecified atom stereocenters. The Labute approximate surface area is 147 Å². The highest BCUT2D eigenvalue weighted by molar-refractivity contribution is 5.68. The molecule has 1 aliphatic heterocycles. The van der Waals surface area contributed by atoms with Gasteiger partial charge >= 0.3 is 6.09 Å². The fraction of sp³-hybridized carbons (Fsp3) is 0.647. The Morgan fingerprint density at radius 1 is 1.36 bits per heavy atom. The van der Waals surface area contributed by atoms with Crippen molar-refractivity contribution in [2.45, 2.75) is 46.1 Å². The highest BCUT2D eigenvalue weighted by Crippen LogP contribution is 2.20. The zero-order chi connectivity index (χ0) is 18.0. The number of hydrogen-bond acceptors (Lipinski definition) is 6. The van der Waals surface area contributed by atoms with Gasteiger partial charge in [-0.15, -0.1) is 15.3 Å². The van der Waals surface area contributed by atoms with Gasteiger partial charge in [-0.25, -0.2) is 4.79 Å². The maximum absolute atomic E-state index is 12.2. The molecule has 8 nitrogen and oxygen atoms in total. The standard InChI is InChI=1S/C17H26N6O2/c1-12-19-20-15-8-7-14(21-23(12)15)18-10-13-6-5-9-22(11-13)16(24)25-17(2,3)4/h7-8,13H,5-6,9-11H2,1-4H3,(H,18,21). The number of ether oxygens (including phenoxy) is 1. The summed E-state index contributed by atoms with van der Waals surface area (Å²) in [6.07, 6.45) is 1.85. The Bertz CT molecular complexity index is 751. The largest absolute Gasteiger partial charge is 0.444 e. The van der Waals surface area contributed by atoms with E-state index >= 15 is 0 Å². The number of fused-ring (bicyclic) bond motifs is 1. The number of carbonyl (C=O) groups is 1. The molecule has 1 N–H and O–H groups in total. The monoisotopic (exact) mass is 346 g/mol. The number of likely N-dealkylation sites (tertiary alicyclic amines) is 1. The van der Waals surface area contributed by atoms with Crippen molar-refractivity contribution in [3.63, 3.8) is 0 Å². The van der Waals surface area contributed by atoms with Crippen molar-refractivity contribution in [3.05, 3.63) is 18.0 Å². The van der Waals surface area contributed by atoms with Crippen LogP contribution < -0.4 is 5.32 Å². The number of amides is 1. The first-order chi connectivity index (χ1) is 11.8. The summed E-state index contributed by atoms with van der Waals surface area (Å²) in [6.45, 7) is 9.77. The Kier molecular flexibility index (Phi) is 4.78. The van der Waals surface area contributed by atoms with Crippen molar-refractivity contribution in [3.8, 4) is 0 Å². The van der Waals surface area contributed by atoms with Crippen LogP contribution in [0.1, 0.15) is 39.4 Å². The smallest absolute Gasteiger partial charge is 0.410 e. The number of aryl methyl sites for hydroxylation is 1. The number of hydrogen-bond donors (Lipinski definition) is 1. The molecule has 25 heavy (non-hydrogen) atoms. The normalized spacial score (nSPS) is 18.4. The minimum absolute atomic E-state index is 0.225. The summed E-state index contributed by atoms with van der Waals surface area (Å²) in [5, 5.41) is 15.9. The van der Waals surface area contributed by atoms with E-state index in [0.717, 1.165) is 43.2 Å². The van der Waals surface area contributed by atoms with E-state index in [2.05, 4.69) is 20.6 Å². The molecule has 0 radical (unpaired) electrons. The van der Waals surface area contributed by atoms with Gasteiger partial charge in [0.05, 0.1) is 0 Å². The van der Waals surface area contributed by atoms with Gasteiger partial charge in [0.15, 0.2) is 11.5 Å². The summed E-state index contributed by atoms with van der Waals surface area (Å²) in [6, 6.07) is 3.79. The van der Waals surface area contributed by atoms with E-state index < -0.39 is 5.60 Å². The first-order valence-electron chi connectivity index (χ1n) is 8.73. The molecule has 2 aromatic heterocycles. The van der Waals surface area contributed by atoms with Crippen LogP contribution in [0, 0.1) is 12.8 Å². The fourth-order valence-electron chi connectivity index (χ4n) is 2.96. The lowest BCUT2D eigenvalue weighted by atomic mass is 9.98. The topological polar surface area (TPSA) is 84.7 Å². The predicted octanol–water partition coefficient (Wildman–Crippen LogP) is 2.49. The van der Waals surface area contributed by atoms with Crippen LogP contribution in [0.4, 0.5) is 10.6 Å². The van der Waals surface area contributed by atoms with Gasteiger partial charge < -0.3 is 15.0 Å². The van der Waals surface area contributed by atoms with Crippen molar-refractivity contribution in [1.82, 2.24) is 24.7 Å². The Morgan fingerprint density at radius 2 is 2.16 bits per heavy atom. The number of anilines is 1. The molecule has 2 aromatic rings. The molecular formula is C17H26N6O2. The Balaban J connectivity index is 1.57. The molecule has 0 saturated carbocycles. The van der Waals surface area contributed by atoms with Gasteiger partial charge in [-0.2, -0.15) is 4.52 Å². The van der Waals surface area contributed by atoms with Crippen LogP contribution in [0.25, 0.3) is 5.65 Å². The second-order valence-corrected chi connectivity index (χ2v) is 7.55. The predicted molar refractivity (Wildman–Crippen MR) is 94.5 cm³/mol. The van der Waals surface area contributed by atoms with Gasteiger partial charge in [0.25, 0.3) is 0 Å². The second-order valence-electron chi connectivity index (χ2n) is 7.55. The van der Waals surface area contributed by atoms with E-state index in [0.29, 0.717) is 12.5 Å². The molecular weight excluding hydrogens is 320 g/mol. The minimum Gasteiger partial charge on any atom is -0.444 e. The van der Waals surface area contributed by atoms with Crippen LogP contribution in [-0.2, 0) is 4.74 Å². The molecule has 1 fully saturated rings. The van der Waals surface area contributed by atoms with Gasteiger partial charge in [0.2, 0.25) is 0 Å². The average molecular weight is 346 g/mol. The molecule has 0 aliphatic carbocycles. The molecule has 1 saturated heterocycles. The molecule has 1 aliphatic rings. The highest BCUT2D eigenvalue weighted by atomic mass is 16.6. The van der Waals surface area contributed by atoms with E-state index in [4.69, 9.17) is 4.74 Å². The van der Waals surface area contributed by atoms with Crippen molar-refractivity contribution in [1.29, 1.82) is 0 Å². The summed E-state index contributed by atoms with van der Waals surface area (Å²) in [5.74, 6) is 1.91. The van der Waals surface area contributed by atoms with Crippen LogP contribution in [0.2, 0.25) is 0 Å². The number of rotatable bonds is 3. The molecule has 136 valence electrons. The van der Waals surface area contributed by atoms with E-state index in [1.807, 2.05) is 44.7 Å². The number of aromatic nitrogens is 4. The lowest BCUT2D eigenvalue weighted by Crippen LogP contribution is -2.44. The average Bonchev–Trinajstić information content (AvgIpc) is 2.92. The first kappa shape index (κ1) is 17.4. The Hall–Kier alpha value is -2.38. The van der Waals surface area contributed by atoms with Crippen LogP contribution >= 0.6 is 0 Å². The quantitative estimate of drug-likeness (QED) is 0.919. The molecule has 1 amide bonds. The van der Waals surface area contributed by atoms with Crippen LogP contribution in [0.3, 0.4) is 0 Å². The lowest BCUT2D eigenvalue weighted by molar-refractivity contribution is 0.0172. The maximum atomic E-state index is 12.2. The summed E-state index contributed by atoms with van der Waals surface area (Å²) < 4.78 is 7.20. The number of carbonyl (C=O) groups excluding carboxylic acids is 1. The van der Waals surface area contributed by atoms with Gasteiger partial charge in [-0.1, -0.05) is 0 Å². The Morgan fingerprint density at radius 3 is 2.92 bits per heavy atom. The summed E-state index contributed by atoms with van der Waals surface area (Å²) in [5.41, 5.74) is 0.273. The lowest BCUT2D eigenvalue weighted by Gasteiger charge is -2.34. The SMILES string of the molecule is Cc1nnc2ccc(NCC3CCCN(C(=O)OC(C)(C)C)C3)nn12. The summed E-state index contributed by atoms with van der Waals surface area (Å²) in [7, 11) is 0. The third-order valence-electron chi connectivity index (χ3n) is 4.16. The van der Waals surface area contributed by atoms with Crippen molar-refractivity contribution in [2.75, 3.05) is 25.0 Å². The molecule has 8 heteroatoms. The molecule has 3 heterocycles. The van der Waals surface area contributed by atoms with Gasteiger partial charge in [-0.05, 0) is 58.6 Å². The zero-order valence-corrected chi connectivity index (χ0v) is 15.3. The summed E-state index contributed by atoms with van der Waals surface area (Å²) in [4.78, 5) is 14.0. The van der Waals surface area contributed by atoms with Crippen molar-refractivity contribution >= 4 is 17.6 Å². The third kappa shape index (κ3) is 4.37. The van der Waals surface area contributed by atoms with E-state index in [1.54, 1.807) is 4.52 Å². The van der Waals surface area contributed by atoms with Crippen molar-refractivity contribution < 1.29 is 9.53 Å². The first-order valence-corrected chi connectivity index (χ1v) is 8.73. The molecule has 0 aromatic carbocycles. The minimum atomic E-state index is -0.460. The highest BCUT2D eigenvalue weighted by Gasteiger charge is 2.27. The van der Waals surface area contributed by atoms with Crippen LogP contribution in [-0.4, -0.2) is 56.0 Å². The molecule has 1 atom stereocenters. The third-order valence-corrected chi connectivity index (χ3v) is 4.16. The number of piperidine rings is 1. The van der Waals surface area contributed by atoms with E-state index in [1.165, 1.54) is 0 Å².